The van der Waals surface area contributed by atoms with Crippen molar-refractivity contribution in [2.45, 2.75) is 79.1 Å². The van der Waals surface area contributed by atoms with Crippen molar-refractivity contribution in [2.24, 2.45) is 16.8 Å². The van der Waals surface area contributed by atoms with Gasteiger partial charge < -0.3 is 0 Å². The molecule has 0 heterocycles. The highest BCUT2D eigenvalue weighted by Crippen LogP contribution is 2.36. The Labute approximate surface area is 202 Å². The predicted octanol–water partition coefficient (Wildman–Crippen LogP) is 8.78. The zero-order valence-electron chi connectivity index (χ0n) is 21.6. The highest BCUT2D eigenvalue weighted by Gasteiger charge is 2.26. The second-order valence-corrected chi connectivity index (χ2v) is 10.1. The molecule has 0 N–H and O–H groups in total. The first kappa shape index (κ1) is 25.2. The standard InChI is InChI=1S/C32H43N/c1-7-11-24(3)30-21-23(2)20-26(5)32(33-6)31(30)25(4)14-15-27-16-18-29(19-17-27)22-28-12-9-8-10-13-28/h8-9,12,16-19,21,23,26H,3,7,10-11,13-15,20,22H2,1-2,4-6H3/b31-25-,33-32?. The van der Waals surface area contributed by atoms with Gasteiger partial charge in [0.1, 0.15) is 0 Å². The van der Waals surface area contributed by atoms with E-state index in [1.807, 2.05) is 7.05 Å². The first-order valence-electron chi connectivity index (χ1n) is 12.9. The fourth-order valence-electron chi connectivity index (χ4n) is 5.34. The van der Waals surface area contributed by atoms with Gasteiger partial charge in [0.2, 0.25) is 0 Å². The van der Waals surface area contributed by atoms with Crippen LogP contribution in [0.1, 0.15) is 77.3 Å². The minimum absolute atomic E-state index is 0.473. The van der Waals surface area contributed by atoms with E-state index in [9.17, 15) is 0 Å². The molecule has 0 saturated heterocycles. The van der Waals surface area contributed by atoms with Crippen LogP contribution >= 0.6 is 0 Å². The van der Waals surface area contributed by atoms with Crippen LogP contribution in [0.4, 0.5) is 0 Å². The van der Waals surface area contributed by atoms with E-state index < -0.39 is 0 Å². The molecule has 33 heavy (non-hydrogen) atoms. The number of hydrogen-bond donors (Lipinski definition) is 0. The van der Waals surface area contributed by atoms with Crippen LogP contribution in [0, 0.1) is 11.8 Å². The lowest BCUT2D eigenvalue weighted by Gasteiger charge is -2.21. The maximum atomic E-state index is 4.81. The van der Waals surface area contributed by atoms with Crippen molar-refractivity contribution in [3.63, 3.8) is 0 Å². The zero-order valence-corrected chi connectivity index (χ0v) is 21.6. The summed E-state index contributed by atoms with van der Waals surface area (Å²) in [5.74, 6) is 1.02. The Morgan fingerprint density at radius 3 is 2.45 bits per heavy atom. The minimum Gasteiger partial charge on any atom is -0.292 e. The topological polar surface area (TPSA) is 12.4 Å². The van der Waals surface area contributed by atoms with Crippen molar-refractivity contribution in [2.75, 3.05) is 7.05 Å². The molecule has 2 atom stereocenters. The fourth-order valence-corrected chi connectivity index (χ4v) is 5.34. The van der Waals surface area contributed by atoms with Gasteiger partial charge in [-0.1, -0.05) is 93.5 Å². The van der Waals surface area contributed by atoms with Crippen LogP contribution in [-0.4, -0.2) is 12.8 Å². The molecule has 0 aromatic heterocycles. The van der Waals surface area contributed by atoms with Crippen molar-refractivity contribution in [1.82, 2.24) is 0 Å². The molecule has 2 aliphatic carbocycles. The van der Waals surface area contributed by atoms with Crippen LogP contribution in [0.15, 0.2) is 88.0 Å². The van der Waals surface area contributed by atoms with Gasteiger partial charge >= 0.3 is 0 Å². The van der Waals surface area contributed by atoms with Crippen LogP contribution in [0.25, 0.3) is 0 Å². The lowest BCUT2D eigenvalue weighted by Crippen LogP contribution is -2.16. The predicted molar refractivity (Wildman–Crippen MR) is 146 cm³/mol. The molecule has 0 aliphatic heterocycles. The Bertz CT molecular complexity index is 978. The number of aryl methyl sites for hydroxylation is 1. The Hall–Kier alpha value is -2.41. The van der Waals surface area contributed by atoms with Gasteiger partial charge in [0, 0.05) is 18.3 Å². The van der Waals surface area contributed by atoms with Crippen LogP contribution in [-0.2, 0) is 12.8 Å². The second-order valence-electron chi connectivity index (χ2n) is 10.1. The van der Waals surface area contributed by atoms with Crippen molar-refractivity contribution in [3.8, 4) is 0 Å². The average Bonchev–Trinajstić information content (AvgIpc) is 2.94. The van der Waals surface area contributed by atoms with Gasteiger partial charge in [0.15, 0.2) is 0 Å². The molecule has 1 heteroatoms. The molecule has 2 aliphatic rings. The second kappa shape index (κ2) is 12.2. The van der Waals surface area contributed by atoms with E-state index in [4.69, 9.17) is 4.99 Å². The summed E-state index contributed by atoms with van der Waals surface area (Å²) in [6.07, 6.45) is 18.1. The maximum Gasteiger partial charge on any atom is 0.0450 e. The van der Waals surface area contributed by atoms with E-state index in [0.717, 1.165) is 38.5 Å². The maximum absolute atomic E-state index is 4.81. The van der Waals surface area contributed by atoms with Crippen molar-refractivity contribution >= 4 is 5.71 Å². The number of rotatable bonds is 8. The Kier molecular flexibility index (Phi) is 9.30. The quantitative estimate of drug-likeness (QED) is 0.382. The number of nitrogens with zero attached hydrogens (tertiary/aromatic N) is 1. The van der Waals surface area contributed by atoms with Crippen LogP contribution in [0.3, 0.4) is 0 Å². The number of aliphatic imine (C=N–C) groups is 1. The summed E-state index contributed by atoms with van der Waals surface area (Å²) in [7, 11) is 1.96. The van der Waals surface area contributed by atoms with Crippen LogP contribution in [0.2, 0.25) is 0 Å². The molecule has 1 nitrogen and oxygen atoms in total. The van der Waals surface area contributed by atoms with E-state index >= 15 is 0 Å². The van der Waals surface area contributed by atoms with E-state index in [0.29, 0.717) is 11.8 Å². The molecular weight excluding hydrogens is 398 g/mol. The van der Waals surface area contributed by atoms with Gasteiger partial charge in [-0.3, -0.25) is 4.99 Å². The van der Waals surface area contributed by atoms with Gasteiger partial charge in [-0.25, -0.2) is 0 Å². The van der Waals surface area contributed by atoms with Gasteiger partial charge in [-0.15, -0.1) is 0 Å². The molecule has 0 spiro atoms. The summed E-state index contributed by atoms with van der Waals surface area (Å²) in [6.45, 7) is 13.7. The molecule has 0 saturated carbocycles. The average molecular weight is 442 g/mol. The molecule has 176 valence electrons. The molecule has 2 unspecified atom stereocenters. The largest absolute Gasteiger partial charge is 0.292 e. The first-order valence-corrected chi connectivity index (χ1v) is 12.9. The van der Waals surface area contributed by atoms with Gasteiger partial charge in [-0.2, -0.15) is 0 Å². The van der Waals surface area contributed by atoms with Crippen molar-refractivity contribution in [3.05, 3.63) is 94.1 Å². The summed E-state index contributed by atoms with van der Waals surface area (Å²) in [5.41, 5.74) is 11.1. The third-order valence-electron chi connectivity index (χ3n) is 7.11. The van der Waals surface area contributed by atoms with E-state index in [2.05, 4.69) is 82.8 Å². The smallest absolute Gasteiger partial charge is 0.0450 e. The fraction of sp³-hybridized carbons (Fsp3) is 0.469. The number of hydrogen-bond acceptors (Lipinski definition) is 1. The third kappa shape index (κ3) is 6.79. The highest BCUT2D eigenvalue weighted by atomic mass is 14.7. The summed E-state index contributed by atoms with van der Waals surface area (Å²) in [4.78, 5) is 4.81. The number of benzene rings is 1. The Morgan fingerprint density at radius 2 is 1.82 bits per heavy atom. The first-order chi connectivity index (χ1) is 15.9. The van der Waals surface area contributed by atoms with Crippen molar-refractivity contribution in [1.29, 1.82) is 0 Å². The van der Waals surface area contributed by atoms with E-state index in [1.54, 1.807) is 5.57 Å². The van der Waals surface area contributed by atoms with E-state index in [1.165, 1.54) is 52.0 Å². The molecule has 0 fully saturated rings. The SMILES string of the molecule is C=C(CCC)C1=CC(C)CC(C)C(=NC)/C1=C(/C)CCc1ccc(CC2=CC=CCC2)cc1. The molecule has 1 aromatic carbocycles. The Balaban J connectivity index is 1.79. The molecular formula is C32H43N. The summed E-state index contributed by atoms with van der Waals surface area (Å²) in [6, 6.07) is 9.29. The lowest BCUT2D eigenvalue weighted by atomic mass is 9.85. The summed E-state index contributed by atoms with van der Waals surface area (Å²) >= 11 is 0. The minimum atomic E-state index is 0.473. The molecule has 0 bridgehead atoms. The number of allylic oxidation sites excluding steroid dienone is 9. The van der Waals surface area contributed by atoms with E-state index in [-0.39, 0.29) is 0 Å². The third-order valence-corrected chi connectivity index (χ3v) is 7.11. The summed E-state index contributed by atoms with van der Waals surface area (Å²) < 4.78 is 0. The molecule has 3 rings (SSSR count). The van der Waals surface area contributed by atoms with Gasteiger partial charge in [-0.05, 0) is 86.0 Å². The van der Waals surface area contributed by atoms with Gasteiger partial charge in [0.05, 0.1) is 0 Å². The lowest BCUT2D eigenvalue weighted by molar-refractivity contribution is 0.570. The van der Waals surface area contributed by atoms with Gasteiger partial charge in [0.25, 0.3) is 0 Å². The Morgan fingerprint density at radius 1 is 1.09 bits per heavy atom. The summed E-state index contributed by atoms with van der Waals surface area (Å²) in [5, 5.41) is 0. The normalized spacial score (nSPS) is 23.7. The van der Waals surface area contributed by atoms with Crippen LogP contribution < -0.4 is 0 Å². The molecule has 0 amide bonds. The monoisotopic (exact) mass is 441 g/mol. The zero-order chi connectivity index (χ0) is 23.8. The van der Waals surface area contributed by atoms with Crippen molar-refractivity contribution < 1.29 is 0 Å². The van der Waals surface area contributed by atoms with Crippen LogP contribution in [0.5, 0.6) is 0 Å². The molecule has 0 radical (unpaired) electrons. The molecule has 1 aromatic rings. The highest BCUT2D eigenvalue weighted by molar-refractivity contribution is 6.07.